The molecule has 4 rings (SSSR count). The second-order valence-electron chi connectivity index (χ2n) is 7.36. The number of para-hydroxylation sites is 1. The molecule has 1 aliphatic heterocycles. The fraction of sp³-hybridized carbons (Fsp3) is 0.227. The highest BCUT2D eigenvalue weighted by Crippen LogP contribution is 2.32. The molecule has 2 N–H and O–H groups in total. The van der Waals surface area contributed by atoms with Crippen molar-refractivity contribution < 1.29 is 5.11 Å². The highest BCUT2D eigenvalue weighted by Gasteiger charge is 2.17. The molecule has 7 nitrogen and oxygen atoms in total. The van der Waals surface area contributed by atoms with Crippen LogP contribution >= 0.6 is 22.9 Å². The first-order chi connectivity index (χ1) is 14.9. The van der Waals surface area contributed by atoms with Crippen LogP contribution in [-0.4, -0.2) is 55.2 Å². The zero-order valence-electron chi connectivity index (χ0n) is 17.5. The molecule has 1 aliphatic rings. The van der Waals surface area contributed by atoms with Crippen LogP contribution in [0.25, 0.3) is 6.08 Å². The molecular weight excluding hydrogens is 432 g/mol. The Balaban J connectivity index is 1.57. The summed E-state index contributed by atoms with van der Waals surface area (Å²) in [5, 5.41) is 16.5. The summed E-state index contributed by atoms with van der Waals surface area (Å²) < 4.78 is 0. The zero-order chi connectivity index (χ0) is 22.0. The number of guanidine groups is 1. The number of fused-ring (bicyclic) bond motifs is 1. The molecule has 1 aromatic heterocycles. The van der Waals surface area contributed by atoms with Gasteiger partial charge in [0.25, 0.3) is 0 Å². The maximum Gasteiger partial charge on any atom is 0.231 e. The average Bonchev–Trinajstić information content (AvgIpc) is 3.23. The lowest BCUT2D eigenvalue weighted by Crippen LogP contribution is -2.24. The Labute approximate surface area is 189 Å². The molecule has 0 fully saturated rings. The van der Waals surface area contributed by atoms with Crippen molar-refractivity contribution in [2.24, 2.45) is 9.98 Å². The van der Waals surface area contributed by atoms with E-state index >= 15 is 0 Å². The molecule has 0 aliphatic carbocycles. The van der Waals surface area contributed by atoms with Crippen LogP contribution in [0.4, 0.5) is 16.5 Å². The van der Waals surface area contributed by atoms with Gasteiger partial charge in [-0.2, -0.15) is 4.98 Å². The second-order valence-corrected chi connectivity index (χ2v) is 8.80. The minimum absolute atomic E-state index is 0.0240. The molecule has 2 heterocycles. The summed E-state index contributed by atoms with van der Waals surface area (Å²) in [5.41, 5.74) is 1.72. The Kier molecular flexibility index (Phi) is 6.22. The molecule has 3 aromatic rings. The highest BCUT2D eigenvalue weighted by atomic mass is 35.5. The van der Waals surface area contributed by atoms with E-state index in [-0.39, 0.29) is 5.88 Å². The average molecular weight is 455 g/mol. The van der Waals surface area contributed by atoms with E-state index in [0.717, 1.165) is 28.5 Å². The van der Waals surface area contributed by atoms with E-state index in [9.17, 15) is 5.11 Å². The Hall–Kier alpha value is -2.94. The van der Waals surface area contributed by atoms with E-state index in [2.05, 4.69) is 25.2 Å². The van der Waals surface area contributed by atoms with Gasteiger partial charge in [0, 0.05) is 13.6 Å². The third-order valence-corrected chi connectivity index (χ3v) is 5.97. The lowest BCUT2D eigenvalue weighted by atomic mass is 10.2. The summed E-state index contributed by atoms with van der Waals surface area (Å²) in [6.45, 7) is 1.57. The largest absolute Gasteiger partial charge is 0.492 e. The number of aromatic hydroxyl groups is 1. The number of anilines is 3. The van der Waals surface area contributed by atoms with Gasteiger partial charge < -0.3 is 20.2 Å². The summed E-state index contributed by atoms with van der Waals surface area (Å²) >= 11 is 7.55. The zero-order valence-corrected chi connectivity index (χ0v) is 19.1. The number of benzene rings is 2. The summed E-state index contributed by atoms with van der Waals surface area (Å²) in [6, 6.07) is 13.4. The molecule has 0 amide bonds. The Morgan fingerprint density at radius 3 is 2.84 bits per heavy atom. The fourth-order valence-electron chi connectivity index (χ4n) is 3.08. The van der Waals surface area contributed by atoms with Gasteiger partial charge in [-0.25, -0.2) is 9.98 Å². The van der Waals surface area contributed by atoms with Crippen molar-refractivity contribution in [3.05, 3.63) is 62.9 Å². The van der Waals surface area contributed by atoms with E-state index < -0.39 is 0 Å². The van der Waals surface area contributed by atoms with Crippen molar-refractivity contribution in [2.45, 2.75) is 0 Å². The molecule has 31 heavy (non-hydrogen) atoms. The van der Waals surface area contributed by atoms with Crippen LogP contribution in [0, 0.1) is 0 Å². The molecule has 160 valence electrons. The van der Waals surface area contributed by atoms with E-state index in [0.29, 0.717) is 27.5 Å². The van der Waals surface area contributed by atoms with Gasteiger partial charge in [0.2, 0.25) is 11.8 Å². The van der Waals surface area contributed by atoms with Crippen molar-refractivity contribution in [1.29, 1.82) is 0 Å². The monoisotopic (exact) mass is 454 g/mol. The van der Waals surface area contributed by atoms with Crippen molar-refractivity contribution in [3.8, 4) is 5.88 Å². The van der Waals surface area contributed by atoms with E-state index in [1.165, 1.54) is 11.3 Å². The number of aliphatic imine (C=N–C) groups is 1. The summed E-state index contributed by atoms with van der Waals surface area (Å²) in [4.78, 5) is 18.2. The molecule has 0 radical (unpaired) electrons. The van der Waals surface area contributed by atoms with Crippen LogP contribution in [-0.2, 0) is 0 Å². The number of hydrogen-bond donors (Lipinski definition) is 2. The first-order valence-electron chi connectivity index (χ1n) is 9.75. The van der Waals surface area contributed by atoms with Crippen LogP contribution in [0.3, 0.4) is 0 Å². The normalized spacial score (nSPS) is 14.9. The summed E-state index contributed by atoms with van der Waals surface area (Å²) in [7, 11) is 6.01. The number of halogens is 1. The number of hydrogen-bond acceptors (Lipinski definition) is 6. The maximum absolute atomic E-state index is 10.3. The molecule has 0 saturated heterocycles. The Morgan fingerprint density at radius 2 is 2.06 bits per heavy atom. The Bertz CT molecular complexity index is 1250. The molecule has 0 unspecified atom stereocenters. The quantitative estimate of drug-likeness (QED) is 0.598. The van der Waals surface area contributed by atoms with Crippen LogP contribution in [0.5, 0.6) is 5.88 Å². The van der Waals surface area contributed by atoms with Gasteiger partial charge in [0.15, 0.2) is 5.13 Å². The molecule has 0 spiro atoms. The highest BCUT2D eigenvalue weighted by molar-refractivity contribution is 7.16. The molecule has 0 bridgehead atoms. The Morgan fingerprint density at radius 1 is 1.26 bits per heavy atom. The summed E-state index contributed by atoms with van der Waals surface area (Å²) in [6.07, 6.45) is 1.90. The molecule has 9 heteroatoms. The SMILES string of the molecule is CN(C)CCN=C1N=c2cc/c(=C\c3sc(Nc4ccccc4Cl)nc3O)cc2N1C. The third kappa shape index (κ3) is 4.87. The number of rotatable bonds is 6. The van der Waals surface area contributed by atoms with Crippen molar-refractivity contribution >= 4 is 51.5 Å². The smallest absolute Gasteiger partial charge is 0.231 e. The fourth-order valence-corrected chi connectivity index (χ4v) is 4.09. The standard InChI is InChI=1S/C22H23ClN6OS/c1-28(2)11-10-24-21-25-17-9-8-14(12-18(17)29(21)3)13-19-20(30)27-22(31-19)26-16-7-5-4-6-15(16)23/h4-9,12-13,30H,10-11H2,1-3H3,(H,26,27)/b14-13+,24-21?. The van der Waals surface area contributed by atoms with Crippen LogP contribution < -0.4 is 20.8 Å². The van der Waals surface area contributed by atoms with Gasteiger partial charge in [0.05, 0.1) is 33.2 Å². The van der Waals surface area contributed by atoms with Gasteiger partial charge in [-0.05, 0) is 49.7 Å². The van der Waals surface area contributed by atoms with Crippen LogP contribution in [0.1, 0.15) is 4.88 Å². The first-order valence-corrected chi connectivity index (χ1v) is 10.9. The number of likely N-dealkylation sites (N-methyl/N-ethyl adjacent to an activating group) is 1. The van der Waals surface area contributed by atoms with Crippen LogP contribution in [0.2, 0.25) is 5.02 Å². The van der Waals surface area contributed by atoms with E-state index in [1.54, 1.807) is 6.07 Å². The molecule has 0 saturated carbocycles. The molecule has 0 atom stereocenters. The van der Waals surface area contributed by atoms with Gasteiger partial charge in [-0.3, -0.25) is 0 Å². The second kappa shape index (κ2) is 9.05. The topological polar surface area (TPSA) is 76.3 Å². The van der Waals surface area contributed by atoms with Crippen LogP contribution in [0.15, 0.2) is 52.4 Å². The molecule has 2 aromatic carbocycles. The van der Waals surface area contributed by atoms with Gasteiger partial charge in [-0.1, -0.05) is 41.1 Å². The van der Waals surface area contributed by atoms with Gasteiger partial charge in [-0.15, -0.1) is 0 Å². The maximum atomic E-state index is 10.3. The molecular formula is C22H23ClN6OS. The first kappa shape index (κ1) is 21.3. The van der Waals surface area contributed by atoms with Crippen molar-refractivity contribution in [1.82, 2.24) is 9.88 Å². The number of nitrogens with one attached hydrogen (secondary N) is 1. The number of nitrogens with zero attached hydrogens (tertiary/aromatic N) is 5. The van der Waals surface area contributed by atoms with Gasteiger partial charge in [0.1, 0.15) is 0 Å². The van der Waals surface area contributed by atoms with Crippen molar-refractivity contribution in [2.75, 3.05) is 44.4 Å². The van der Waals surface area contributed by atoms with Gasteiger partial charge >= 0.3 is 0 Å². The summed E-state index contributed by atoms with van der Waals surface area (Å²) in [5.74, 6) is 0.685. The van der Waals surface area contributed by atoms with Crippen molar-refractivity contribution in [3.63, 3.8) is 0 Å². The van der Waals surface area contributed by atoms with E-state index in [4.69, 9.17) is 11.6 Å². The van der Waals surface area contributed by atoms with E-state index in [1.807, 2.05) is 68.5 Å². The minimum Gasteiger partial charge on any atom is -0.492 e. The number of aromatic nitrogens is 1. The predicted molar refractivity (Wildman–Crippen MR) is 129 cm³/mol. The predicted octanol–water partition coefficient (Wildman–Crippen LogP) is 3.06. The lowest BCUT2D eigenvalue weighted by molar-refractivity contribution is 0.420. The lowest BCUT2D eigenvalue weighted by Gasteiger charge is -2.13. The minimum atomic E-state index is -0.0240. The third-order valence-electron chi connectivity index (χ3n) is 4.73. The number of thiazole rings is 1.